The molecule has 6 aromatic rings. The van der Waals surface area contributed by atoms with Crippen molar-refractivity contribution in [1.82, 2.24) is 38.7 Å². The molecule has 4 aromatic heterocycles. The summed E-state index contributed by atoms with van der Waals surface area (Å²) in [6.07, 6.45) is 15.1. The van der Waals surface area contributed by atoms with Crippen LogP contribution in [0.15, 0.2) is 83.3 Å². The summed E-state index contributed by atoms with van der Waals surface area (Å²) in [6, 6.07) is 12.8. The van der Waals surface area contributed by atoms with Gasteiger partial charge in [0.25, 0.3) is 35.4 Å². The summed E-state index contributed by atoms with van der Waals surface area (Å²) in [4.78, 5) is 118. The summed E-state index contributed by atoms with van der Waals surface area (Å²) < 4.78 is 29.3. The maximum Gasteiger partial charge on any atom is 0.272 e. The van der Waals surface area contributed by atoms with Crippen molar-refractivity contribution < 1.29 is 57.3 Å². The summed E-state index contributed by atoms with van der Waals surface area (Å²) >= 11 is 0. The minimum atomic E-state index is -0.463. The van der Waals surface area contributed by atoms with Crippen molar-refractivity contribution in [3.05, 3.63) is 107 Å². The number of methoxy groups -OCH3 is 2. The maximum atomic E-state index is 13.4. The Morgan fingerprint density at radius 2 is 0.851 bits per heavy atom. The first-order valence-corrected chi connectivity index (χ1v) is 28.8. The van der Waals surface area contributed by atoms with Crippen molar-refractivity contribution in [2.45, 2.75) is 69.9 Å². The van der Waals surface area contributed by atoms with Crippen LogP contribution in [-0.2, 0) is 37.8 Å². The van der Waals surface area contributed by atoms with Crippen LogP contribution in [-0.4, -0.2) is 153 Å². The van der Waals surface area contributed by atoms with E-state index in [2.05, 4.69) is 41.9 Å². The summed E-state index contributed by atoms with van der Waals surface area (Å²) in [5.41, 5.74) is 4.61. The highest BCUT2D eigenvalue weighted by atomic mass is 16.5. The second-order valence-corrected chi connectivity index (χ2v) is 21.7. The molecule has 0 spiro atoms. The van der Waals surface area contributed by atoms with Crippen molar-refractivity contribution in [1.29, 1.82) is 0 Å². The molecule has 26 nitrogen and oxygen atoms in total. The smallest absolute Gasteiger partial charge is 0.272 e. The molecule has 0 radical (unpaired) electrons. The van der Waals surface area contributed by atoms with Gasteiger partial charge < -0.3 is 78.9 Å². The minimum absolute atomic E-state index is 0.0260. The number of nitrogens with zero attached hydrogens (tertiary/aromatic N) is 8. The molecule has 2 atom stereocenters. The minimum Gasteiger partial charge on any atom is -0.493 e. The number of amides is 8. The van der Waals surface area contributed by atoms with Crippen molar-refractivity contribution in [3.8, 4) is 23.0 Å². The second kappa shape index (κ2) is 26.4. The van der Waals surface area contributed by atoms with E-state index in [9.17, 15) is 38.4 Å². The van der Waals surface area contributed by atoms with E-state index in [1.54, 1.807) is 132 Å². The number of aromatic nitrogens is 4. The van der Waals surface area contributed by atoms with Gasteiger partial charge in [-0.2, -0.15) is 0 Å². The number of aliphatic imine (C=N–C) groups is 2. The predicted molar refractivity (Wildman–Crippen MR) is 324 cm³/mol. The molecule has 2 saturated heterocycles. The van der Waals surface area contributed by atoms with Gasteiger partial charge in [0, 0.05) is 117 Å². The van der Waals surface area contributed by atoms with Crippen LogP contribution < -0.4 is 50.8 Å². The molecule has 0 aliphatic carbocycles. The van der Waals surface area contributed by atoms with Gasteiger partial charge >= 0.3 is 0 Å². The van der Waals surface area contributed by atoms with Gasteiger partial charge in [-0.3, -0.25) is 48.3 Å². The highest BCUT2D eigenvalue weighted by molar-refractivity contribution is 6.08. The van der Waals surface area contributed by atoms with E-state index in [0.29, 0.717) is 101 Å². The van der Waals surface area contributed by atoms with Crippen LogP contribution in [0.3, 0.4) is 0 Å². The highest BCUT2D eigenvalue weighted by Crippen LogP contribution is 2.40. The van der Waals surface area contributed by atoms with Gasteiger partial charge in [0.05, 0.1) is 84.8 Å². The number of aryl methyl sites for hydroxylation is 4. The Bertz CT molecular complexity index is 3500. The van der Waals surface area contributed by atoms with Crippen LogP contribution in [0.1, 0.15) is 120 Å². The third-order valence-corrected chi connectivity index (χ3v) is 15.5. The zero-order valence-corrected chi connectivity index (χ0v) is 49.3. The van der Waals surface area contributed by atoms with Gasteiger partial charge in [0.2, 0.25) is 11.8 Å². The summed E-state index contributed by atoms with van der Waals surface area (Å²) in [6.45, 7) is 2.21. The Balaban J connectivity index is 0.614. The Morgan fingerprint density at radius 3 is 1.23 bits per heavy atom. The maximum absolute atomic E-state index is 13.4. The fourth-order valence-electron chi connectivity index (χ4n) is 11.0. The predicted octanol–water partition coefficient (Wildman–Crippen LogP) is 6.35. The molecule has 0 bridgehead atoms. The molecule has 26 heteroatoms. The topological polar surface area (TPSA) is 297 Å². The Kier molecular flexibility index (Phi) is 18.2. The molecule has 87 heavy (non-hydrogen) atoms. The molecule has 4 aliphatic rings. The van der Waals surface area contributed by atoms with Crippen LogP contribution in [0.25, 0.3) is 0 Å². The number of anilines is 4. The second-order valence-electron chi connectivity index (χ2n) is 21.7. The van der Waals surface area contributed by atoms with Gasteiger partial charge in [-0.1, -0.05) is 0 Å². The van der Waals surface area contributed by atoms with E-state index >= 15 is 0 Å². The molecule has 8 amide bonds. The summed E-state index contributed by atoms with van der Waals surface area (Å²) in [5.74, 6) is -0.819. The van der Waals surface area contributed by atoms with Crippen molar-refractivity contribution in [2.24, 2.45) is 38.2 Å². The number of carbonyl (C=O) groups is 8. The molecule has 1 unspecified atom stereocenters. The molecule has 2 fully saturated rings. The molecule has 8 heterocycles. The number of hydrogen-bond acceptors (Lipinski definition) is 14. The van der Waals surface area contributed by atoms with Crippen LogP contribution >= 0.6 is 0 Å². The Labute approximate surface area is 501 Å². The fraction of sp³-hybridized carbons (Fsp3) is 0.377. The zero-order valence-electron chi connectivity index (χ0n) is 49.3. The normalized spacial score (nSPS) is 15.6. The van der Waals surface area contributed by atoms with Crippen LogP contribution in [0.4, 0.5) is 34.1 Å². The van der Waals surface area contributed by atoms with Crippen LogP contribution in [0.2, 0.25) is 0 Å². The van der Waals surface area contributed by atoms with E-state index in [4.69, 9.17) is 18.9 Å². The largest absolute Gasteiger partial charge is 0.493 e. The molecule has 456 valence electrons. The lowest BCUT2D eigenvalue weighted by molar-refractivity contribution is -0.117. The summed E-state index contributed by atoms with van der Waals surface area (Å²) in [5, 5.41) is 17.0. The summed E-state index contributed by atoms with van der Waals surface area (Å²) in [7, 11) is 9.69. The Morgan fingerprint density at radius 1 is 0.483 bits per heavy atom. The monoisotopic (exact) mass is 1190 g/mol. The van der Waals surface area contributed by atoms with Gasteiger partial charge in [-0.15, -0.1) is 0 Å². The number of rotatable bonds is 24. The number of nitrogens with one attached hydrogen (secondary N) is 6. The van der Waals surface area contributed by atoms with Gasteiger partial charge in [-0.25, -0.2) is 0 Å². The fourth-order valence-corrected chi connectivity index (χ4v) is 11.0. The molecule has 4 aliphatic heterocycles. The molecule has 6 N–H and O–H groups in total. The standard InChI is InChI=1S/C61H70N14O12/c1-70-34-38(68-58(80)48-22-36(32-72(48)3)66-54(76)14-9-20-86-52-28-44-42(26-50(52)84-5)60(82)74-18-7-12-40(74)30-64-44)24-46(70)56(78)62-16-11-17-63-57(79)47-25-39(35-71(47)2)69-59(81)49-23-37(33-73(49)4)67-55(77)15-10-21-87-53-29-45-43(27-51(53)85-6)61(83)75-19-8-13-41(75)31-65-45/h22-35,40-41H,7-21H2,1-6H3,(H,62,78)(H,63,79)(H,66,76)(H,67,77)(H,68,80)(H,69,81)/t40-,41?/m0/s1. The SMILES string of the molecule is COc1cc2c(cc1OCCCC(=O)Nc1cc(C(=O)Nc3cc(C(=O)NCCCNC(=O)c4cc(NC(=O)c5cc(NC(=O)CCCOc6cc7c(cc6OC)C(=O)N6CCC[C@H]6C=N7)cn5C)cn4C)n(C)c3)n(C)c1)N=CC1CCCN1C2=O. The number of benzene rings is 2. The molecule has 0 saturated carbocycles. The lowest BCUT2D eigenvalue weighted by Crippen LogP contribution is -2.35. The van der Waals surface area contributed by atoms with E-state index in [1.807, 2.05) is 9.80 Å². The van der Waals surface area contributed by atoms with E-state index in [-0.39, 0.29) is 97.6 Å². The van der Waals surface area contributed by atoms with Crippen molar-refractivity contribution in [2.75, 3.05) is 74.9 Å². The average Bonchev–Trinajstić information content (AvgIpc) is 2.26. The molecule has 2 aromatic carbocycles. The quantitative estimate of drug-likeness (QED) is 0.0362. The van der Waals surface area contributed by atoms with Gasteiger partial charge in [0.15, 0.2) is 23.0 Å². The van der Waals surface area contributed by atoms with E-state index in [1.165, 1.54) is 14.2 Å². The number of ether oxygens (including phenoxy) is 4. The van der Waals surface area contributed by atoms with Crippen LogP contribution in [0.5, 0.6) is 23.0 Å². The molecular formula is C61H70N14O12. The third-order valence-electron chi connectivity index (χ3n) is 15.5. The van der Waals surface area contributed by atoms with Gasteiger partial charge in [0.1, 0.15) is 22.8 Å². The van der Waals surface area contributed by atoms with Crippen molar-refractivity contribution >= 4 is 93.8 Å². The first kappa shape index (κ1) is 60.0. The van der Waals surface area contributed by atoms with Crippen molar-refractivity contribution in [3.63, 3.8) is 0 Å². The zero-order chi connectivity index (χ0) is 61.5. The Hall–Kier alpha value is -10.1. The first-order valence-electron chi connectivity index (χ1n) is 28.8. The number of hydrogen-bond donors (Lipinski definition) is 6. The third kappa shape index (κ3) is 13.7. The highest BCUT2D eigenvalue weighted by Gasteiger charge is 2.34. The van der Waals surface area contributed by atoms with Gasteiger partial charge in [-0.05, 0) is 81.3 Å². The lowest BCUT2D eigenvalue weighted by atomic mass is 10.1. The average molecular weight is 1190 g/mol. The van der Waals surface area contributed by atoms with E-state index < -0.39 is 23.6 Å². The number of fused-ring (bicyclic) bond motifs is 4. The molecular weight excluding hydrogens is 1120 g/mol. The van der Waals surface area contributed by atoms with Crippen LogP contribution in [0, 0.1) is 0 Å². The molecule has 10 rings (SSSR count). The van der Waals surface area contributed by atoms with E-state index in [0.717, 1.165) is 25.7 Å². The first-order chi connectivity index (χ1) is 41.9. The lowest BCUT2D eigenvalue weighted by Gasteiger charge is -2.20. The number of carbonyl (C=O) groups excluding carboxylic acids is 8.